The number of fused-ring (bicyclic) bond motifs is 1. The first-order chi connectivity index (χ1) is 15.9. The predicted octanol–water partition coefficient (Wildman–Crippen LogP) is 4.60. The van der Waals surface area contributed by atoms with Crippen molar-refractivity contribution in [3.63, 3.8) is 0 Å². The van der Waals surface area contributed by atoms with Crippen molar-refractivity contribution >= 4 is 39.8 Å². The van der Waals surface area contributed by atoms with Gasteiger partial charge in [-0.1, -0.05) is 23.7 Å². The Morgan fingerprint density at radius 3 is 2.42 bits per heavy atom. The molecule has 4 rings (SSSR count). The fourth-order valence-electron chi connectivity index (χ4n) is 4.47. The monoisotopic (exact) mass is 489 g/mol. The summed E-state index contributed by atoms with van der Waals surface area (Å²) in [7, 11) is 0. The van der Waals surface area contributed by atoms with Gasteiger partial charge in [-0.3, -0.25) is 14.6 Å². The number of carbonyl (C=O) groups is 2. The van der Waals surface area contributed by atoms with E-state index in [2.05, 4.69) is 27.2 Å². The van der Waals surface area contributed by atoms with Gasteiger partial charge in [-0.2, -0.15) is 0 Å². The van der Waals surface area contributed by atoms with E-state index in [1.807, 2.05) is 26.0 Å². The second-order valence-corrected chi connectivity index (χ2v) is 10.6. The molecule has 0 bridgehead atoms. The van der Waals surface area contributed by atoms with Crippen molar-refractivity contribution < 1.29 is 14.3 Å². The number of amides is 1. The molecule has 0 radical (unpaired) electrons. The molecular weight excluding hydrogens is 458 g/mol. The van der Waals surface area contributed by atoms with E-state index in [0.717, 1.165) is 69.0 Å². The fourth-order valence-corrected chi connectivity index (χ4v) is 5.89. The van der Waals surface area contributed by atoms with Gasteiger partial charge in [-0.05, 0) is 62.8 Å². The fraction of sp³-hybridized carbons (Fsp3) is 0.520. The van der Waals surface area contributed by atoms with E-state index in [1.54, 1.807) is 11.3 Å². The Kier molecular flexibility index (Phi) is 8.07. The van der Waals surface area contributed by atoms with Crippen LogP contribution in [0.4, 0.5) is 5.00 Å². The van der Waals surface area contributed by atoms with Crippen molar-refractivity contribution in [3.8, 4) is 0 Å². The van der Waals surface area contributed by atoms with Crippen LogP contribution < -0.4 is 5.32 Å². The van der Waals surface area contributed by atoms with Crippen LogP contribution in [0.1, 0.15) is 53.1 Å². The molecule has 1 aliphatic heterocycles. The van der Waals surface area contributed by atoms with Gasteiger partial charge in [0.2, 0.25) is 5.91 Å². The standard InChI is InChI=1S/C25H32ClN3O3S/c1-17(2)32-25(31)23-20-5-3-4-6-21(20)33-24(23)27-22(30)16-29-13-11-28(12-14-29)15-18-7-9-19(26)10-8-18/h7-10,17H,3-6,11-16H2,1-2H3,(H,27,30). The van der Waals surface area contributed by atoms with Crippen molar-refractivity contribution in [2.75, 3.05) is 38.0 Å². The highest BCUT2D eigenvalue weighted by Gasteiger charge is 2.28. The number of anilines is 1. The van der Waals surface area contributed by atoms with Crippen LogP contribution in [0.15, 0.2) is 24.3 Å². The van der Waals surface area contributed by atoms with Crippen LogP contribution in [-0.2, 0) is 28.9 Å². The highest BCUT2D eigenvalue weighted by molar-refractivity contribution is 7.17. The molecule has 6 nitrogen and oxygen atoms in total. The molecule has 1 fully saturated rings. The van der Waals surface area contributed by atoms with Gasteiger partial charge in [-0.25, -0.2) is 4.79 Å². The van der Waals surface area contributed by atoms with E-state index in [-0.39, 0.29) is 18.0 Å². The van der Waals surface area contributed by atoms with Gasteiger partial charge in [0, 0.05) is 42.6 Å². The molecule has 0 atom stereocenters. The van der Waals surface area contributed by atoms with Crippen LogP contribution in [0.25, 0.3) is 0 Å². The highest BCUT2D eigenvalue weighted by atomic mass is 35.5. The van der Waals surface area contributed by atoms with Crippen LogP contribution in [0.5, 0.6) is 0 Å². The second kappa shape index (κ2) is 11.0. The molecule has 0 saturated carbocycles. The predicted molar refractivity (Wildman–Crippen MR) is 133 cm³/mol. The zero-order valence-electron chi connectivity index (χ0n) is 19.4. The maximum absolute atomic E-state index is 12.9. The Morgan fingerprint density at radius 2 is 1.73 bits per heavy atom. The number of esters is 1. The van der Waals surface area contributed by atoms with Gasteiger partial charge in [0.25, 0.3) is 0 Å². The number of carbonyl (C=O) groups excluding carboxylic acids is 2. The summed E-state index contributed by atoms with van der Waals surface area (Å²) in [6.07, 6.45) is 3.84. The summed E-state index contributed by atoms with van der Waals surface area (Å²) in [5.41, 5.74) is 2.89. The molecular formula is C25H32ClN3O3S. The van der Waals surface area contributed by atoms with Crippen LogP contribution in [-0.4, -0.2) is 60.5 Å². The van der Waals surface area contributed by atoms with E-state index in [4.69, 9.17) is 16.3 Å². The minimum Gasteiger partial charge on any atom is -0.459 e. The smallest absolute Gasteiger partial charge is 0.341 e. The number of rotatable bonds is 7. The van der Waals surface area contributed by atoms with Gasteiger partial charge in [0.15, 0.2) is 0 Å². The summed E-state index contributed by atoms with van der Waals surface area (Å²) >= 11 is 7.52. The molecule has 0 spiro atoms. The lowest BCUT2D eigenvalue weighted by Crippen LogP contribution is -2.48. The quantitative estimate of drug-likeness (QED) is 0.576. The number of ether oxygens (including phenoxy) is 1. The molecule has 8 heteroatoms. The largest absolute Gasteiger partial charge is 0.459 e. The minimum absolute atomic E-state index is 0.0710. The Balaban J connectivity index is 1.33. The third-order valence-corrected chi connectivity index (χ3v) is 7.58. The number of benzene rings is 1. The molecule has 178 valence electrons. The molecule has 1 aliphatic carbocycles. The number of hydrogen-bond donors (Lipinski definition) is 1. The van der Waals surface area contributed by atoms with Crippen LogP contribution in [0.2, 0.25) is 5.02 Å². The number of piperazine rings is 1. The van der Waals surface area contributed by atoms with Crippen molar-refractivity contribution in [1.82, 2.24) is 9.80 Å². The molecule has 1 aromatic carbocycles. The third-order valence-electron chi connectivity index (χ3n) is 6.12. The van der Waals surface area contributed by atoms with Gasteiger partial charge < -0.3 is 10.1 Å². The van der Waals surface area contributed by atoms with E-state index >= 15 is 0 Å². The molecule has 2 aromatic rings. The summed E-state index contributed by atoms with van der Waals surface area (Å²) in [5, 5.41) is 4.44. The van der Waals surface area contributed by atoms with Gasteiger partial charge in [0.05, 0.1) is 18.2 Å². The topological polar surface area (TPSA) is 61.9 Å². The number of aryl methyl sites for hydroxylation is 1. The summed E-state index contributed by atoms with van der Waals surface area (Å²) in [6.45, 7) is 8.41. The summed E-state index contributed by atoms with van der Waals surface area (Å²) in [5.74, 6) is -0.395. The lowest BCUT2D eigenvalue weighted by molar-refractivity contribution is -0.117. The van der Waals surface area contributed by atoms with E-state index < -0.39 is 0 Å². The minimum atomic E-state index is -0.324. The molecule has 33 heavy (non-hydrogen) atoms. The average Bonchev–Trinajstić information content (AvgIpc) is 3.14. The number of halogens is 1. The molecule has 2 aliphatic rings. The Bertz CT molecular complexity index is 982. The summed E-state index contributed by atoms with van der Waals surface area (Å²) < 4.78 is 5.49. The van der Waals surface area contributed by atoms with Crippen LogP contribution in [0, 0.1) is 0 Å². The van der Waals surface area contributed by atoms with E-state index in [1.165, 1.54) is 10.4 Å². The Hall–Kier alpha value is -1.93. The molecule has 1 aromatic heterocycles. The molecule has 1 amide bonds. The number of nitrogens with one attached hydrogen (secondary N) is 1. The summed E-state index contributed by atoms with van der Waals surface area (Å²) in [4.78, 5) is 31.4. The maximum atomic E-state index is 12.9. The lowest BCUT2D eigenvalue weighted by Gasteiger charge is -2.34. The van der Waals surface area contributed by atoms with Crippen molar-refractivity contribution in [2.24, 2.45) is 0 Å². The van der Waals surface area contributed by atoms with E-state index in [9.17, 15) is 9.59 Å². The normalized spacial score (nSPS) is 17.1. The molecule has 1 saturated heterocycles. The molecule has 0 unspecified atom stereocenters. The zero-order chi connectivity index (χ0) is 23.4. The number of hydrogen-bond acceptors (Lipinski definition) is 6. The third kappa shape index (κ3) is 6.35. The van der Waals surface area contributed by atoms with Crippen LogP contribution >= 0.6 is 22.9 Å². The van der Waals surface area contributed by atoms with Crippen LogP contribution in [0.3, 0.4) is 0 Å². The summed E-state index contributed by atoms with van der Waals surface area (Å²) in [6, 6.07) is 7.96. The Morgan fingerprint density at radius 1 is 1.06 bits per heavy atom. The number of thiophene rings is 1. The zero-order valence-corrected chi connectivity index (χ0v) is 20.9. The SMILES string of the molecule is CC(C)OC(=O)c1c(NC(=O)CN2CCN(Cc3ccc(Cl)cc3)CC2)sc2c1CCCC2. The molecule has 2 heterocycles. The second-order valence-electron chi connectivity index (χ2n) is 9.10. The van der Waals surface area contributed by atoms with Crippen molar-refractivity contribution in [2.45, 2.75) is 52.2 Å². The van der Waals surface area contributed by atoms with Crippen molar-refractivity contribution in [3.05, 3.63) is 50.9 Å². The first-order valence-electron chi connectivity index (χ1n) is 11.7. The maximum Gasteiger partial charge on any atom is 0.341 e. The lowest BCUT2D eigenvalue weighted by atomic mass is 9.95. The highest BCUT2D eigenvalue weighted by Crippen LogP contribution is 2.38. The van der Waals surface area contributed by atoms with Gasteiger partial charge in [0.1, 0.15) is 5.00 Å². The first kappa shape index (κ1) is 24.2. The average molecular weight is 490 g/mol. The molecule has 1 N–H and O–H groups in total. The first-order valence-corrected chi connectivity index (χ1v) is 12.9. The van der Waals surface area contributed by atoms with E-state index in [0.29, 0.717) is 17.1 Å². The van der Waals surface area contributed by atoms with Gasteiger partial charge in [-0.15, -0.1) is 11.3 Å². The Labute approximate surface area is 204 Å². The van der Waals surface area contributed by atoms with Crippen molar-refractivity contribution in [1.29, 1.82) is 0 Å². The van der Waals surface area contributed by atoms with Gasteiger partial charge >= 0.3 is 5.97 Å². The number of nitrogens with zero attached hydrogens (tertiary/aromatic N) is 2.